The number of anilines is 1. The Hall–Kier alpha value is -3.91. The van der Waals surface area contributed by atoms with E-state index in [0.29, 0.717) is 37.7 Å². The minimum Gasteiger partial charge on any atom is -0.487 e. The van der Waals surface area contributed by atoms with Crippen LogP contribution in [-0.4, -0.2) is 46.6 Å². The zero-order valence-corrected chi connectivity index (χ0v) is 19.1. The number of carbonyl (C=O) groups is 1. The van der Waals surface area contributed by atoms with Crippen LogP contribution < -0.4 is 15.0 Å². The Kier molecular flexibility index (Phi) is 6.40. The highest BCUT2D eigenvalue weighted by Crippen LogP contribution is 2.19. The molecule has 1 saturated heterocycles. The van der Waals surface area contributed by atoms with Crippen LogP contribution in [0.3, 0.4) is 0 Å². The molecular formula is C26H27N5O3. The van der Waals surface area contributed by atoms with Crippen molar-refractivity contribution < 1.29 is 14.3 Å². The molecule has 4 heterocycles. The third-order valence-electron chi connectivity index (χ3n) is 5.85. The van der Waals surface area contributed by atoms with Crippen LogP contribution in [-0.2, 0) is 17.9 Å². The van der Waals surface area contributed by atoms with Crippen LogP contribution in [0, 0.1) is 6.92 Å². The fourth-order valence-corrected chi connectivity index (χ4v) is 4.04. The van der Waals surface area contributed by atoms with Crippen molar-refractivity contribution >= 4 is 17.4 Å². The molecule has 34 heavy (non-hydrogen) atoms. The molecule has 5 rings (SSSR count). The third-order valence-corrected chi connectivity index (χ3v) is 5.85. The van der Waals surface area contributed by atoms with E-state index in [0.717, 1.165) is 41.4 Å². The van der Waals surface area contributed by atoms with Crippen molar-refractivity contribution in [3.63, 3.8) is 0 Å². The topological polar surface area (TPSA) is 81.0 Å². The van der Waals surface area contributed by atoms with Crippen molar-refractivity contribution in [2.75, 3.05) is 31.2 Å². The maximum absolute atomic E-state index is 12.7. The number of hydrogen-bond acceptors (Lipinski definition) is 6. The maximum Gasteiger partial charge on any atom is 0.251 e. The minimum absolute atomic E-state index is 0.140. The molecule has 1 fully saturated rings. The number of fused-ring (bicyclic) bond motifs is 1. The van der Waals surface area contributed by atoms with Gasteiger partial charge >= 0.3 is 0 Å². The Bertz CT molecular complexity index is 1280. The number of carbonyl (C=O) groups excluding carboxylic acids is 1. The zero-order chi connectivity index (χ0) is 23.3. The SMILES string of the molecule is Cc1cccn2cc(COc3ccc(C(=O)NCc4cccnc4N4CCOCC4)cc3)nc12. The van der Waals surface area contributed by atoms with Crippen molar-refractivity contribution in [1.82, 2.24) is 19.7 Å². The van der Waals surface area contributed by atoms with E-state index in [1.807, 2.05) is 48.0 Å². The summed E-state index contributed by atoms with van der Waals surface area (Å²) < 4.78 is 13.3. The van der Waals surface area contributed by atoms with E-state index in [9.17, 15) is 4.79 Å². The Morgan fingerprint density at radius 1 is 1.12 bits per heavy atom. The van der Waals surface area contributed by atoms with Gasteiger partial charge in [-0.15, -0.1) is 0 Å². The number of nitrogens with zero attached hydrogens (tertiary/aromatic N) is 4. The number of imidazole rings is 1. The van der Waals surface area contributed by atoms with E-state index < -0.39 is 0 Å². The quantitative estimate of drug-likeness (QED) is 0.458. The highest BCUT2D eigenvalue weighted by molar-refractivity contribution is 5.94. The second-order valence-corrected chi connectivity index (χ2v) is 8.24. The summed E-state index contributed by atoms with van der Waals surface area (Å²) in [4.78, 5) is 24.1. The first-order valence-corrected chi connectivity index (χ1v) is 11.4. The van der Waals surface area contributed by atoms with Gasteiger partial charge in [-0.25, -0.2) is 9.97 Å². The van der Waals surface area contributed by atoms with Crippen LogP contribution in [0.1, 0.15) is 27.2 Å². The first-order valence-electron chi connectivity index (χ1n) is 11.4. The average molecular weight is 458 g/mol. The molecule has 0 bridgehead atoms. The van der Waals surface area contributed by atoms with E-state index in [2.05, 4.69) is 20.2 Å². The molecule has 1 aliphatic rings. The van der Waals surface area contributed by atoms with Gasteiger partial charge in [-0.2, -0.15) is 0 Å². The summed E-state index contributed by atoms with van der Waals surface area (Å²) >= 11 is 0. The molecule has 8 heteroatoms. The molecule has 1 aliphatic heterocycles. The van der Waals surface area contributed by atoms with Gasteiger partial charge in [0.15, 0.2) is 0 Å². The molecule has 4 aromatic rings. The van der Waals surface area contributed by atoms with Crippen molar-refractivity contribution in [1.29, 1.82) is 0 Å². The Morgan fingerprint density at radius 2 is 1.94 bits per heavy atom. The normalized spacial score (nSPS) is 13.7. The smallest absolute Gasteiger partial charge is 0.251 e. The molecule has 174 valence electrons. The Balaban J connectivity index is 1.18. The number of rotatable bonds is 7. The molecular weight excluding hydrogens is 430 g/mol. The van der Waals surface area contributed by atoms with Gasteiger partial charge in [0.2, 0.25) is 0 Å². The van der Waals surface area contributed by atoms with Crippen LogP contribution in [0.25, 0.3) is 5.65 Å². The number of ether oxygens (including phenoxy) is 2. The van der Waals surface area contributed by atoms with Gasteiger partial charge in [0.05, 0.1) is 18.9 Å². The summed E-state index contributed by atoms with van der Waals surface area (Å²) in [5, 5.41) is 3.00. The number of nitrogens with one attached hydrogen (secondary N) is 1. The number of aryl methyl sites for hydroxylation is 1. The lowest BCUT2D eigenvalue weighted by atomic mass is 10.2. The van der Waals surface area contributed by atoms with Crippen LogP contribution in [0.5, 0.6) is 5.75 Å². The van der Waals surface area contributed by atoms with E-state index in [1.165, 1.54) is 0 Å². The predicted molar refractivity (Wildman–Crippen MR) is 129 cm³/mol. The molecule has 1 N–H and O–H groups in total. The van der Waals surface area contributed by atoms with E-state index >= 15 is 0 Å². The van der Waals surface area contributed by atoms with Gasteiger partial charge in [0.25, 0.3) is 5.91 Å². The summed E-state index contributed by atoms with van der Waals surface area (Å²) in [5.74, 6) is 1.45. The summed E-state index contributed by atoms with van der Waals surface area (Å²) in [7, 11) is 0. The molecule has 0 spiro atoms. The second-order valence-electron chi connectivity index (χ2n) is 8.24. The molecule has 3 aromatic heterocycles. The summed E-state index contributed by atoms with van der Waals surface area (Å²) in [5.41, 5.74) is 4.46. The number of benzene rings is 1. The minimum atomic E-state index is -0.140. The van der Waals surface area contributed by atoms with Crippen molar-refractivity contribution in [3.8, 4) is 5.75 Å². The summed E-state index contributed by atoms with van der Waals surface area (Å²) in [6, 6.07) is 15.1. The molecule has 0 radical (unpaired) electrons. The molecule has 1 aromatic carbocycles. The molecule has 0 atom stereocenters. The number of amides is 1. The van der Waals surface area contributed by atoms with Gasteiger partial charge in [0, 0.05) is 49.4 Å². The van der Waals surface area contributed by atoms with E-state index in [-0.39, 0.29) is 5.91 Å². The fraction of sp³-hybridized carbons (Fsp3) is 0.269. The average Bonchev–Trinajstić information content (AvgIpc) is 3.32. The van der Waals surface area contributed by atoms with Crippen molar-refractivity contribution in [2.24, 2.45) is 0 Å². The van der Waals surface area contributed by atoms with Gasteiger partial charge in [0.1, 0.15) is 23.8 Å². The molecule has 0 saturated carbocycles. The first kappa shape index (κ1) is 21.9. The fourth-order valence-electron chi connectivity index (χ4n) is 4.04. The van der Waals surface area contributed by atoms with Crippen LogP contribution >= 0.6 is 0 Å². The molecule has 1 amide bonds. The lowest BCUT2D eigenvalue weighted by Crippen LogP contribution is -2.37. The highest BCUT2D eigenvalue weighted by Gasteiger charge is 2.16. The number of hydrogen-bond donors (Lipinski definition) is 1. The lowest BCUT2D eigenvalue weighted by molar-refractivity contribution is 0.0950. The number of pyridine rings is 2. The maximum atomic E-state index is 12.7. The summed E-state index contributed by atoms with van der Waals surface area (Å²) in [6.45, 7) is 5.78. The second kappa shape index (κ2) is 9.93. The van der Waals surface area contributed by atoms with Crippen molar-refractivity contribution in [3.05, 3.63) is 89.5 Å². The van der Waals surface area contributed by atoms with Crippen LogP contribution in [0.4, 0.5) is 5.82 Å². The predicted octanol–water partition coefficient (Wildman–Crippen LogP) is 3.38. The lowest BCUT2D eigenvalue weighted by Gasteiger charge is -2.29. The van der Waals surface area contributed by atoms with Crippen LogP contribution in [0.15, 0.2) is 67.1 Å². The van der Waals surface area contributed by atoms with Gasteiger partial charge in [-0.05, 0) is 48.9 Å². The van der Waals surface area contributed by atoms with Gasteiger partial charge in [-0.3, -0.25) is 4.79 Å². The Labute approximate surface area is 198 Å². The summed E-state index contributed by atoms with van der Waals surface area (Å²) in [6.07, 6.45) is 5.72. The first-order chi connectivity index (χ1) is 16.7. The van der Waals surface area contributed by atoms with Crippen molar-refractivity contribution in [2.45, 2.75) is 20.1 Å². The third kappa shape index (κ3) is 4.87. The van der Waals surface area contributed by atoms with Gasteiger partial charge in [-0.1, -0.05) is 12.1 Å². The van der Waals surface area contributed by atoms with Crippen LogP contribution in [0.2, 0.25) is 0 Å². The van der Waals surface area contributed by atoms with E-state index in [1.54, 1.807) is 30.5 Å². The molecule has 0 aliphatic carbocycles. The monoisotopic (exact) mass is 457 g/mol. The zero-order valence-electron chi connectivity index (χ0n) is 19.1. The molecule has 8 nitrogen and oxygen atoms in total. The van der Waals surface area contributed by atoms with Gasteiger partial charge < -0.3 is 24.1 Å². The highest BCUT2D eigenvalue weighted by atomic mass is 16.5. The molecule has 0 unspecified atom stereocenters. The number of aromatic nitrogens is 3. The number of morpholine rings is 1. The largest absolute Gasteiger partial charge is 0.487 e. The standard InChI is InChI=1S/C26H27N5O3/c1-19-4-3-11-31-17-22(29-24(19)31)18-34-23-8-6-20(7-9-23)26(32)28-16-21-5-2-10-27-25(21)30-12-14-33-15-13-30/h2-11,17H,12-16,18H2,1H3,(H,28,32). The van der Waals surface area contributed by atoms with E-state index in [4.69, 9.17) is 9.47 Å². The Morgan fingerprint density at radius 3 is 2.74 bits per heavy atom.